The van der Waals surface area contributed by atoms with E-state index < -0.39 is 11.6 Å². The Hall–Kier alpha value is -3.88. The zero-order chi connectivity index (χ0) is 20.1. The van der Waals surface area contributed by atoms with Crippen LogP contribution < -0.4 is 16.8 Å². The quantitative estimate of drug-likeness (QED) is 0.463. The van der Waals surface area contributed by atoms with Gasteiger partial charge < -0.3 is 16.8 Å². The van der Waals surface area contributed by atoms with Crippen LogP contribution in [0.3, 0.4) is 0 Å². The molecule has 7 nitrogen and oxygen atoms in total. The molecule has 28 heavy (non-hydrogen) atoms. The van der Waals surface area contributed by atoms with E-state index in [1.54, 1.807) is 24.3 Å². The standard InChI is InChI=1S/C19H16F2N6O/c20-14-6-1-11(7-15(14)21)8-18(28)26-13-4-2-12(3-5-13)16-9-25-17(10-24-16)27-19(22)23/h1-7,9-10H,8H2,(H,26,28)(H4,22,23,25,27). The summed E-state index contributed by atoms with van der Waals surface area (Å²) < 4.78 is 26.1. The molecule has 142 valence electrons. The van der Waals surface area contributed by atoms with Gasteiger partial charge in [-0.15, -0.1) is 0 Å². The smallest absolute Gasteiger partial charge is 0.228 e. The van der Waals surface area contributed by atoms with Gasteiger partial charge in [-0.05, 0) is 29.8 Å². The number of aromatic nitrogens is 2. The highest BCUT2D eigenvalue weighted by Gasteiger charge is 2.08. The lowest BCUT2D eigenvalue weighted by Crippen LogP contribution is -2.22. The van der Waals surface area contributed by atoms with E-state index in [9.17, 15) is 13.6 Å². The SMILES string of the molecule is NC(N)=Nc1cnc(-c2ccc(NC(=O)Cc3ccc(F)c(F)c3)cc2)cn1. The van der Waals surface area contributed by atoms with Crippen LogP contribution in [0.1, 0.15) is 5.56 Å². The number of nitrogens with one attached hydrogen (secondary N) is 1. The maximum atomic E-state index is 13.2. The molecule has 3 rings (SSSR count). The van der Waals surface area contributed by atoms with E-state index in [0.29, 0.717) is 22.8 Å². The van der Waals surface area contributed by atoms with Gasteiger partial charge in [0, 0.05) is 11.3 Å². The average Bonchev–Trinajstić information content (AvgIpc) is 2.65. The molecule has 0 fully saturated rings. The van der Waals surface area contributed by atoms with Crippen molar-refractivity contribution >= 4 is 23.4 Å². The van der Waals surface area contributed by atoms with E-state index in [1.165, 1.54) is 18.5 Å². The summed E-state index contributed by atoms with van der Waals surface area (Å²) in [4.78, 5) is 24.2. The van der Waals surface area contributed by atoms with E-state index in [4.69, 9.17) is 11.5 Å². The zero-order valence-corrected chi connectivity index (χ0v) is 14.6. The first-order chi connectivity index (χ1) is 13.4. The predicted molar refractivity (Wildman–Crippen MR) is 102 cm³/mol. The van der Waals surface area contributed by atoms with Gasteiger partial charge in [0.1, 0.15) is 0 Å². The normalized spacial score (nSPS) is 10.4. The number of halogens is 2. The Morgan fingerprint density at radius 1 is 1.00 bits per heavy atom. The number of rotatable bonds is 5. The molecule has 0 unspecified atom stereocenters. The van der Waals surface area contributed by atoms with Crippen molar-refractivity contribution in [3.05, 3.63) is 72.1 Å². The second kappa shape index (κ2) is 8.21. The van der Waals surface area contributed by atoms with Crippen LogP contribution in [0.15, 0.2) is 59.9 Å². The summed E-state index contributed by atoms with van der Waals surface area (Å²) >= 11 is 0. The molecule has 1 heterocycles. The van der Waals surface area contributed by atoms with Crippen LogP contribution in [0.2, 0.25) is 0 Å². The average molecular weight is 382 g/mol. The van der Waals surface area contributed by atoms with Crippen molar-refractivity contribution in [1.82, 2.24) is 9.97 Å². The Morgan fingerprint density at radius 3 is 2.36 bits per heavy atom. The number of hydrogen-bond acceptors (Lipinski definition) is 4. The van der Waals surface area contributed by atoms with Gasteiger partial charge >= 0.3 is 0 Å². The van der Waals surface area contributed by atoms with Crippen molar-refractivity contribution in [3.63, 3.8) is 0 Å². The van der Waals surface area contributed by atoms with Crippen LogP contribution in [0.4, 0.5) is 20.3 Å². The Labute approximate surface area is 159 Å². The number of benzene rings is 2. The first-order valence-corrected chi connectivity index (χ1v) is 8.16. The Morgan fingerprint density at radius 2 is 1.75 bits per heavy atom. The first-order valence-electron chi connectivity index (χ1n) is 8.16. The molecule has 0 aliphatic carbocycles. The lowest BCUT2D eigenvalue weighted by atomic mass is 10.1. The summed E-state index contributed by atoms with van der Waals surface area (Å²) in [6.45, 7) is 0. The van der Waals surface area contributed by atoms with Crippen LogP contribution in [-0.2, 0) is 11.2 Å². The summed E-state index contributed by atoms with van der Waals surface area (Å²) in [7, 11) is 0. The number of aliphatic imine (C=N–C) groups is 1. The van der Waals surface area contributed by atoms with Gasteiger partial charge in [0.25, 0.3) is 0 Å². The molecule has 0 spiro atoms. The monoisotopic (exact) mass is 382 g/mol. The summed E-state index contributed by atoms with van der Waals surface area (Å²) in [6, 6.07) is 10.3. The first kappa shape index (κ1) is 18.9. The van der Waals surface area contributed by atoms with Crippen molar-refractivity contribution in [2.24, 2.45) is 16.5 Å². The van der Waals surface area contributed by atoms with E-state index in [-0.39, 0.29) is 18.3 Å². The van der Waals surface area contributed by atoms with Crippen LogP contribution in [-0.4, -0.2) is 21.8 Å². The minimum absolute atomic E-state index is 0.0727. The molecule has 0 atom stereocenters. The summed E-state index contributed by atoms with van der Waals surface area (Å²) in [5.74, 6) is -2.09. The molecule has 5 N–H and O–H groups in total. The number of carbonyl (C=O) groups excluding carboxylic acids is 1. The predicted octanol–water partition coefficient (Wildman–Crippen LogP) is 2.51. The third kappa shape index (κ3) is 4.85. The molecule has 0 aliphatic rings. The topological polar surface area (TPSA) is 119 Å². The summed E-state index contributed by atoms with van der Waals surface area (Å²) in [6.07, 6.45) is 2.89. The highest BCUT2D eigenvalue weighted by Crippen LogP contribution is 2.20. The number of carbonyl (C=O) groups is 1. The second-order valence-electron chi connectivity index (χ2n) is 5.85. The van der Waals surface area contributed by atoms with Crippen molar-refractivity contribution in [2.45, 2.75) is 6.42 Å². The fourth-order valence-corrected chi connectivity index (χ4v) is 2.42. The van der Waals surface area contributed by atoms with Crippen LogP contribution >= 0.6 is 0 Å². The minimum atomic E-state index is -0.985. The fraction of sp³-hybridized carbons (Fsp3) is 0.0526. The molecule has 0 bridgehead atoms. The molecule has 3 aromatic rings. The second-order valence-corrected chi connectivity index (χ2v) is 5.85. The lowest BCUT2D eigenvalue weighted by molar-refractivity contribution is -0.115. The van der Waals surface area contributed by atoms with Crippen molar-refractivity contribution in [3.8, 4) is 11.3 Å². The number of anilines is 1. The summed E-state index contributed by atoms with van der Waals surface area (Å²) in [5, 5.41) is 2.70. The Bertz CT molecular complexity index is 1020. The Kier molecular flexibility index (Phi) is 5.54. The van der Waals surface area contributed by atoms with Gasteiger partial charge in [-0.1, -0.05) is 18.2 Å². The number of guanidine groups is 1. The Balaban J connectivity index is 1.64. The number of amides is 1. The third-order valence-electron chi connectivity index (χ3n) is 3.69. The molecule has 0 saturated carbocycles. The van der Waals surface area contributed by atoms with E-state index in [2.05, 4.69) is 20.3 Å². The molecule has 9 heteroatoms. The molecule has 0 aliphatic heterocycles. The van der Waals surface area contributed by atoms with Crippen LogP contribution in [0, 0.1) is 11.6 Å². The molecule has 0 radical (unpaired) electrons. The van der Waals surface area contributed by atoms with Crippen molar-refractivity contribution < 1.29 is 13.6 Å². The number of nitrogens with zero attached hydrogens (tertiary/aromatic N) is 3. The van der Waals surface area contributed by atoms with Gasteiger partial charge in [0.2, 0.25) is 5.91 Å². The molecule has 2 aromatic carbocycles. The molecular weight excluding hydrogens is 366 g/mol. The highest BCUT2D eigenvalue weighted by molar-refractivity contribution is 5.92. The van der Waals surface area contributed by atoms with Gasteiger partial charge in [-0.3, -0.25) is 9.78 Å². The van der Waals surface area contributed by atoms with Gasteiger partial charge in [-0.25, -0.2) is 13.8 Å². The van der Waals surface area contributed by atoms with E-state index in [1.807, 2.05) is 0 Å². The number of hydrogen-bond donors (Lipinski definition) is 3. The van der Waals surface area contributed by atoms with Gasteiger partial charge in [0.15, 0.2) is 23.4 Å². The fourth-order valence-electron chi connectivity index (χ4n) is 2.42. The van der Waals surface area contributed by atoms with Crippen molar-refractivity contribution in [2.75, 3.05) is 5.32 Å². The van der Waals surface area contributed by atoms with E-state index >= 15 is 0 Å². The number of nitrogens with two attached hydrogens (primary N) is 2. The van der Waals surface area contributed by atoms with Gasteiger partial charge in [0.05, 0.1) is 24.5 Å². The molecule has 1 amide bonds. The largest absolute Gasteiger partial charge is 0.370 e. The molecular formula is C19H16F2N6O. The van der Waals surface area contributed by atoms with E-state index in [0.717, 1.165) is 17.7 Å². The van der Waals surface area contributed by atoms with Crippen LogP contribution in [0.5, 0.6) is 0 Å². The maximum Gasteiger partial charge on any atom is 0.228 e. The lowest BCUT2D eigenvalue weighted by Gasteiger charge is -2.07. The maximum absolute atomic E-state index is 13.2. The van der Waals surface area contributed by atoms with Crippen LogP contribution in [0.25, 0.3) is 11.3 Å². The third-order valence-corrected chi connectivity index (χ3v) is 3.69. The minimum Gasteiger partial charge on any atom is -0.370 e. The van der Waals surface area contributed by atoms with Crippen molar-refractivity contribution in [1.29, 1.82) is 0 Å². The molecule has 0 saturated heterocycles. The molecule has 1 aromatic heterocycles. The van der Waals surface area contributed by atoms with Gasteiger partial charge in [-0.2, -0.15) is 4.99 Å². The zero-order valence-electron chi connectivity index (χ0n) is 14.6. The summed E-state index contributed by atoms with van der Waals surface area (Å²) in [5.41, 5.74) is 12.9. The highest BCUT2D eigenvalue weighted by atomic mass is 19.2.